The van der Waals surface area contributed by atoms with E-state index >= 15 is 0 Å². The molecule has 1 N–H and O–H groups in total. The monoisotopic (exact) mass is 305 g/mol. The molecule has 1 aliphatic rings. The average molecular weight is 306 g/mol. The smallest absolute Gasteiger partial charge is 0.167 e. The first-order valence-electron chi connectivity index (χ1n) is 5.60. The fraction of sp³-hybridized carbons (Fsp3) is 0.500. The van der Waals surface area contributed by atoms with Gasteiger partial charge in [0, 0.05) is 6.04 Å². The molecule has 2 nitrogen and oxygen atoms in total. The summed E-state index contributed by atoms with van der Waals surface area (Å²) < 4.78 is 32.9. The number of nitrogens with one attached hydrogen (secondary N) is 1. The number of benzene rings is 1. The lowest BCUT2D eigenvalue weighted by molar-refractivity contribution is 0.353. The lowest BCUT2D eigenvalue weighted by Crippen LogP contribution is -2.28. The first kappa shape index (κ1) is 12.8. The maximum Gasteiger partial charge on any atom is 0.167 e. The second-order valence-electron chi connectivity index (χ2n) is 4.10. The Hall–Kier alpha value is -0.680. The molecule has 1 aromatic rings. The van der Waals surface area contributed by atoms with Crippen molar-refractivity contribution in [2.45, 2.75) is 25.3 Å². The molecule has 0 bridgehead atoms. The molecule has 1 fully saturated rings. The van der Waals surface area contributed by atoms with Crippen LogP contribution in [0, 0.1) is 11.6 Å². The zero-order valence-corrected chi connectivity index (χ0v) is 11.1. The van der Waals surface area contributed by atoms with Crippen LogP contribution in [0.5, 0.6) is 5.75 Å². The van der Waals surface area contributed by atoms with Crippen LogP contribution in [-0.4, -0.2) is 13.7 Å². The van der Waals surface area contributed by atoms with Gasteiger partial charge in [-0.25, -0.2) is 8.78 Å². The molecular weight excluding hydrogens is 292 g/mol. The number of piperidine rings is 1. The highest BCUT2D eigenvalue weighted by molar-refractivity contribution is 9.10. The SMILES string of the molecule is COc1c(Br)cc(F)c(F)c1C1CCCCN1. The quantitative estimate of drug-likeness (QED) is 0.844. The minimum Gasteiger partial charge on any atom is -0.495 e. The Labute approximate surface area is 107 Å². The Balaban J connectivity index is 2.48. The summed E-state index contributed by atoms with van der Waals surface area (Å²) in [6.45, 7) is 0.821. The highest BCUT2D eigenvalue weighted by Gasteiger charge is 2.26. The zero-order chi connectivity index (χ0) is 12.4. The van der Waals surface area contributed by atoms with Crippen molar-refractivity contribution in [3.63, 3.8) is 0 Å². The van der Waals surface area contributed by atoms with Crippen molar-refractivity contribution in [2.24, 2.45) is 0 Å². The Kier molecular flexibility index (Phi) is 3.99. The number of halogens is 3. The summed E-state index contributed by atoms with van der Waals surface area (Å²) in [4.78, 5) is 0. The van der Waals surface area contributed by atoms with Crippen molar-refractivity contribution in [1.82, 2.24) is 5.32 Å². The summed E-state index contributed by atoms with van der Waals surface area (Å²) in [7, 11) is 1.46. The van der Waals surface area contributed by atoms with Crippen LogP contribution in [0.3, 0.4) is 0 Å². The van der Waals surface area contributed by atoms with E-state index < -0.39 is 11.6 Å². The minimum atomic E-state index is -0.847. The van der Waals surface area contributed by atoms with Crippen LogP contribution < -0.4 is 10.1 Å². The molecule has 1 atom stereocenters. The molecule has 1 aromatic carbocycles. The zero-order valence-electron chi connectivity index (χ0n) is 9.53. The van der Waals surface area contributed by atoms with Gasteiger partial charge in [0.1, 0.15) is 5.75 Å². The summed E-state index contributed by atoms with van der Waals surface area (Å²) in [6.07, 6.45) is 2.87. The van der Waals surface area contributed by atoms with Gasteiger partial charge in [0.25, 0.3) is 0 Å². The van der Waals surface area contributed by atoms with Crippen LogP contribution in [0.15, 0.2) is 10.5 Å². The van der Waals surface area contributed by atoms with E-state index in [-0.39, 0.29) is 6.04 Å². The van der Waals surface area contributed by atoms with Crippen LogP contribution in [0.1, 0.15) is 30.9 Å². The number of hydrogen-bond donors (Lipinski definition) is 1. The highest BCUT2D eigenvalue weighted by Crippen LogP contribution is 2.38. The topological polar surface area (TPSA) is 21.3 Å². The molecule has 0 aliphatic carbocycles. The Morgan fingerprint density at radius 2 is 2.18 bits per heavy atom. The molecule has 0 radical (unpaired) electrons. The van der Waals surface area contributed by atoms with Crippen molar-refractivity contribution in [1.29, 1.82) is 0 Å². The number of rotatable bonds is 2. The van der Waals surface area contributed by atoms with Crippen molar-refractivity contribution < 1.29 is 13.5 Å². The fourth-order valence-corrected chi connectivity index (χ4v) is 2.79. The second-order valence-corrected chi connectivity index (χ2v) is 4.96. The lowest BCUT2D eigenvalue weighted by atomic mass is 9.96. The van der Waals surface area contributed by atoms with Crippen LogP contribution in [-0.2, 0) is 0 Å². The highest BCUT2D eigenvalue weighted by atomic mass is 79.9. The van der Waals surface area contributed by atoms with Gasteiger partial charge in [0.15, 0.2) is 11.6 Å². The van der Waals surface area contributed by atoms with Crippen LogP contribution >= 0.6 is 15.9 Å². The summed E-state index contributed by atoms with van der Waals surface area (Å²) in [5.41, 5.74) is 0.291. The molecule has 0 aromatic heterocycles. The Bertz CT molecular complexity index is 419. The number of hydrogen-bond acceptors (Lipinski definition) is 2. The first-order valence-corrected chi connectivity index (χ1v) is 6.39. The van der Waals surface area contributed by atoms with E-state index in [1.807, 2.05) is 0 Å². The molecule has 1 saturated heterocycles. The van der Waals surface area contributed by atoms with Gasteiger partial charge in [-0.05, 0) is 41.4 Å². The van der Waals surface area contributed by atoms with Gasteiger partial charge >= 0.3 is 0 Å². The maximum atomic E-state index is 13.9. The third-order valence-corrected chi connectivity index (χ3v) is 3.61. The van der Waals surface area contributed by atoms with E-state index in [1.165, 1.54) is 7.11 Å². The molecule has 0 saturated carbocycles. The minimum absolute atomic E-state index is 0.175. The standard InChI is InChI=1S/C12H14BrF2NO/c1-17-12-7(13)6-8(14)11(15)10(12)9-4-2-3-5-16-9/h6,9,16H,2-5H2,1H3. The third kappa shape index (κ3) is 2.45. The molecule has 1 unspecified atom stereocenters. The summed E-state index contributed by atoms with van der Waals surface area (Å²) >= 11 is 3.20. The van der Waals surface area contributed by atoms with E-state index in [1.54, 1.807) is 0 Å². The van der Waals surface area contributed by atoms with Crippen molar-refractivity contribution in [2.75, 3.05) is 13.7 Å². The van der Waals surface area contributed by atoms with Gasteiger partial charge in [-0.15, -0.1) is 0 Å². The second kappa shape index (κ2) is 5.31. The number of ether oxygens (including phenoxy) is 1. The van der Waals surface area contributed by atoms with Crippen molar-refractivity contribution in [3.05, 3.63) is 27.7 Å². The van der Waals surface area contributed by atoms with E-state index in [2.05, 4.69) is 21.2 Å². The van der Waals surface area contributed by atoms with Crippen LogP contribution in [0.2, 0.25) is 0 Å². The Morgan fingerprint density at radius 1 is 1.41 bits per heavy atom. The molecule has 2 rings (SSSR count). The first-order chi connectivity index (χ1) is 8.15. The van der Waals surface area contributed by atoms with E-state index in [0.29, 0.717) is 15.8 Å². The molecule has 17 heavy (non-hydrogen) atoms. The predicted octanol–water partition coefficient (Wildman–Crippen LogP) is 3.55. The van der Waals surface area contributed by atoms with E-state index in [4.69, 9.17) is 4.74 Å². The van der Waals surface area contributed by atoms with Crippen LogP contribution in [0.25, 0.3) is 0 Å². The third-order valence-electron chi connectivity index (χ3n) is 3.02. The van der Waals surface area contributed by atoms with Gasteiger partial charge in [-0.1, -0.05) is 6.42 Å². The fourth-order valence-electron chi connectivity index (χ4n) is 2.21. The van der Waals surface area contributed by atoms with Gasteiger partial charge in [0.05, 0.1) is 17.1 Å². The molecule has 1 heterocycles. The largest absolute Gasteiger partial charge is 0.495 e. The van der Waals surface area contributed by atoms with Gasteiger partial charge in [-0.2, -0.15) is 0 Å². The molecule has 0 amide bonds. The number of methoxy groups -OCH3 is 1. The molecular formula is C12H14BrF2NO. The molecule has 5 heteroatoms. The van der Waals surface area contributed by atoms with Crippen molar-refractivity contribution in [3.8, 4) is 5.75 Å². The maximum absolute atomic E-state index is 13.9. The predicted molar refractivity (Wildman–Crippen MR) is 65.2 cm³/mol. The molecule has 0 spiro atoms. The van der Waals surface area contributed by atoms with Crippen LogP contribution in [0.4, 0.5) is 8.78 Å². The summed E-state index contributed by atoms with van der Waals surface area (Å²) in [5.74, 6) is -1.28. The Morgan fingerprint density at radius 3 is 2.76 bits per heavy atom. The van der Waals surface area contributed by atoms with Gasteiger partial charge in [-0.3, -0.25) is 0 Å². The van der Waals surface area contributed by atoms with Crippen molar-refractivity contribution >= 4 is 15.9 Å². The summed E-state index contributed by atoms with van der Waals surface area (Å²) in [5, 5.41) is 3.20. The summed E-state index contributed by atoms with van der Waals surface area (Å²) in [6, 6.07) is 0.922. The van der Waals surface area contributed by atoms with Gasteiger partial charge in [0.2, 0.25) is 0 Å². The van der Waals surface area contributed by atoms with E-state index in [0.717, 1.165) is 31.9 Å². The van der Waals surface area contributed by atoms with Gasteiger partial charge < -0.3 is 10.1 Å². The lowest BCUT2D eigenvalue weighted by Gasteiger charge is -2.26. The van der Waals surface area contributed by atoms with E-state index in [9.17, 15) is 8.78 Å². The average Bonchev–Trinajstić information content (AvgIpc) is 2.34. The molecule has 1 aliphatic heterocycles. The normalized spacial score (nSPS) is 20.4. The molecule has 94 valence electrons.